The lowest BCUT2D eigenvalue weighted by Crippen LogP contribution is -2.32. The van der Waals surface area contributed by atoms with E-state index in [1.807, 2.05) is 44.4 Å². The summed E-state index contributed by atoms with van der Waals surface area (Å²) in [5.41, 5.74) is 3.12. The Morgan fingerprint density at radius 3 is 2.42 bits per heavy atom. The molecule has 0 saturated heterocycles. The summed E-state index contributed by atoms with van der Waals surface area (Å²) in [6.07, 6.45) is 0.524. The summed E-state index contributed by atoms with van der Waals surface area (Å²) >= 11 is 5.99. The topological polar surface area (TPSA) is 98.7 Å². The molecule has 0 radical (unpaired) electrons. The fourth-order valence-electron chi connectivity index (χ4n) is 3.87. The molecular formula is C29H28ClN5O3. The van der Waals surface area contributed by atoms with E-state index in [9.17, 15) is 14.7 Å². The third-order valence-electron chi connectivity index (χ3n) is 5.86. The number of nitrogens with one attached hydrogen (secondary N) is 1. The van der Waals surface area contributed by atoms with Crippen LogP contribution in [0.5, 0.6) is 0 Å². The van der Waals surface area contributed by atoms with E-state index in [-0.39, 0.29) is 18.4 Å². The highest BCUT2D eigenvalue weighted by Crippen LogP contribution is 2.25. The smallest absolute Gasteiger partial charge is 0.257 e. The van der Waals surface area contributed by atoms with Crippen LogP contribution in [0.15, 0.2) is 85.1 Å². The van der Waals surface area contributed by atoms with Gasteiger partial charge in [-0.05, 0) is 35.9 Å². The quantitative estimate of drug-likeness (QED) is 0.336. The number of carbonyl (C=O) groups excluding carboxylic acids is 2. The van der Waals surface area contributed by atoms with E-state index >= 15 is 0 Å². The summed E-state index contributed by atoms with van der Waals surface area (Å²) < 4.78 is 0. The highest BCUT2D eigenvalue weighted by Gasteiger charge is 2.22. The van der Waals surface area contributed by atoms with Gasteiger partial charge in [-0.3, -0.25) is 9.59 Å². The van der Waals surface area contributed by atoms with E-state index in [0.717, 1.165) is 5.56 Å². The molecular weight excluding hydrogens is 502 g/mol. The molecule has 9 heteroatoms. The molecule has 4 rings (SSSR count). The number of halogens is 1. The fraction of sp³-hybridized carbons (Fsp3) is 0.172. The van der Waals surface area contributed by atoms with Gasteiger partial charge in [0.05, 0.1) is 23.9 Å². The molecule has 2 amide bonds. The Morgan fingerprint density at radius 1 is 0.974 bits per heavy atom. The zero-order valence-electron chi connectivity index (χ0n) is 21.3. The van der Waals surface area contributed by atoms with Gasteiger partial charge < -0.3 is 20.2 Å². The molecule has 1 atom stereocenters. The molecule has 1 heterocycles. The molecule has 0 saturated carbocycles. The Hall–Kier alpha value is -4.27. The molecule has 4 aromatic rings. The van der Waals surface area contributed by atoms with Gasteiger partial charge in [0.15, 0.2) is 0 Å². The van der Waals surface area contributed by atoms with Crippen LogP contribution in [-0.2, 0) is 0 Å². The van der Waals surface area contributed by atoms with Crippen LogP contribution in [0.3, 0.4) is 0 Å². The Labute approximate surface area is 226 Å². The SMILES string of the molecule is CN(CC(O)c1cccc(NC(=O)c2cccc(Cl)c2)c1)C(=O)c1cnc(N(C)C)nc1-c1ccccc1. The lowest BCUT2D eigenvalue weighted by Gasteiger charge is -2.23. The number of aromatic nitrogens is 2. The number of aliphatic hydroxyl groups is 1. The van der Waals surface area contributed by atoms with Crippen molar-refractivity contribution in [1.82, 2.24) is 14.9 Å². The average Bonchev–Trinajstić information content (AvgIpc) is 2.92. The van der Waals surface area contributed by atoms with E-state index in [1.165, 1.54) is 11.1 Å². The van der Waals surface area contributed by atoms with Crippen molar-refractivity contribution < 1.29 is 14.7 Å². The molecule has 38 heavy (non-hydrogen) atoms. The van der Waals surface area contributed by atoms with Gasteiger partial charge in [0.25, 0.3) is 11.8 Å². The average molecular weight is 530 g/mol. The highest BCUT2D eigenvalue weighted by molar-refractivity contribution is 6.31. The third kappa shape index (κ3) is 6.34. The van der Waals surface area contributed by atoms with E-state index < -0.39 is 6.10 Å². The molecule has 0 spiro atoms. The van der Waals surface area contributed by atoms with E-state index in [2.05, 4.69) is 15.3 Å². The van der Waals surface area contributed by atoms with E-state index in [4.69, 9.17) is 11.6 Å². The molecule has 1 aromatic heterocycles. The van der Waals surface area contributed by atoms with Crippen LogP contribution in [0, 0.1) is 0 Å². The van der Waals surface area contributed by atoms with Crippen molar-refractivity contribution in [3.63, 3.8) is 0 Å². The minimum Gasteiger partial charge on any atom is -0.387 e. The van der Waals surface area contributed by atoms with Crippen molar-refractivity contribution in [2.75, 3.05) is 37.9 Å². The second kappa shape index (κ2) is 11.9. The molecule has 2 N–H and O–H groups in total. The fourth-order valence-corrected chi connectivity index (χ4v) is 4.06. The number of anilines is 2. The standard InChI is InChI=1S/C29H28ClN5O3/c1-34(2)29-31-17-24(26(33-29)19-9-5-4-6-10-19)28(38)35(3)18-25(36)20-11-8-14-23(16-20)32-27(37)21-12-7-13-22(30)15-21/h4-17,25,36H,18H2,1-3H3,(H,32,37). The van der Waals surface area contributed by atoms with Crippen molar-refractivity contribution in [3.05, 3.63) is 107 Å². The summed E-state index contributed by atoms with van der Waals surface area (Å²) in [4.78, 5) is 38.2. The van der Waals surface area contributed by atoms with Crippen LogP contribution in [-0.4, -0.2) is 59.5 Å². The largest absolute Gasteiger partial charge is 0.387 e. The summed E-state index contributed by atoms with van der Waals surface area (Å²) in [6.45, 7) is 0.0220. The lowest BCUT2D eigenvalue weighted by atomic mass is 10.1. The number of nitrogens with zero attached hydrogens (tertiary/aromatic N) is 4. The number of aliphatic hydroxyl groups excluding tert-OH is 1. The lowest BCUT2D eigenvalue weighted by molar-refractivity contribution is 0.0681. The summed E-state index contributed by atoms with van der Waals surface area (Å²) in [5.74, 6) is -0.153. The van der Waals surface area contributed by atoms with E-state index in [1.54, 1.807) is 60.5 Å². The molecule has 0 aliphatic rings. The second-order valence-corrected chi connectivity index (χ2v) is 9.42. The number of amides is 2. The predicted octanol–water partition coefficient (Wildman–Crippen LogP) is 4.92. The van der Waals surface area contributed by atoms with Crippen molar-refractivity contribution in [2.45, 2.75) is 6.10 Å². The van der Waals surface area contributed by atoms with Crippen LogP contribution in [0.25, 0.3) is 11.3 Å². The first kappa shape index (κ1) is 26.8. The predicted molar refractivity (Wildman–Crippen MR) is 150 cm³/mol. The number of rotatable bonds is 8. The van der Waals surface area contributed by atoms with Crippen molar-refractivity contribution >= 4 is 35.1 Å². The number of benzene rings is 3. The van der Waals surface area contributed by atoms with Crippen molar-refractivity contribution in [2.24, 2.45) is 0 Å². The van der Waals surface area contributed by atoms with E-state index in [0.29, 0.717) is 39.0 Å². The number of carbonyl (C=O) groups is 2. The number of hydrogen-bond acceptors (Lipinski definition) is 6. The Kier molecular flexibility index (Phi) is 8.35. The van der Waals surface area contributed by atoms with Gasteiger partial charge in [-0.25, -0.2) is 9.97 Å². The summed E-state index contributed by atoms with van der Waals surface area (Å²) in [7, 11) is 5.28. The minimum absolute atomic E-state index is 0.0220. The first-order valence-corrected chi connectivity index (χ1v) is 12.3. The molecule has 8 nitrogen and oxygen atoms in total. The van der Waals surface area contributed by atoms with Gasteiger partial charge in [0, 0.05) is 49.2 Å². The molecule has 3 aromatic carbocycles. The van der Waals surface area contributed by atoms with Gasteiger partial charge in [0.2, 0.25) is 5.95 Å². The zero-order valence-corrected chi connectivity index (χ0v) is 22.1. The highest BCUT2D eigenvalue weighted by atomic mass is 35.5. The third-order valence-corrected chi connectivity index (χ3v) is 6.10. The Bertz CT molecular complexity index is 1450. The van der Waals surface area contributed by atoms with Crippen LogP contribution in [0.4, 0.5) is 11.6 Å². The molecule has 0 aliphatic heterocycles. The minimum atomic E-state index is -0.992. The maximum Gasteiger partial charge on any atom is 0.257 e. The molecule has 194 valence electrons. The van der Waals surface area contributed by atoms with Gasteiger partial charge in [-0.1, -0.05) is 60.1 Å². The van der Waals surface area contributed by atoms with Crippen LogP contribution < -0.4 is 10.2 Å². The Balaban J connectivity index is 1.50. The summed E-state index contributed by atoms with van der Waals surface area (Å²) in [5, 5.41) is 14.2. The van der Waals surface area contributed by atoms with Crippen LogP contribution in [0.1, 0.15) is 32.4 Å². The van der Waals surface area contributed by atoms with Gasteiger partial charge in [-0.2, -0.15) is 0 Å². The monoisotopic (exact) mass is 529 g/mol. The molecule has 0 bridgehead atoms. The number of likely N-dealkylation sites (N-methyl/N-ethyl adjacent to an activating group) is 1. The zero-order chi connectivity index (χ0) is 27.2. The van der Waals surface area contributed by atoms with Crippen molar-refractivity contribution in [3.8, 4) is 11.3 Å². The van der Waals surface area contributed by atoms with Gasteiger partial charge in [-0.15, -0.1) is 0 Å². The first-order chi connectivity index (χ1) is 18.2. The van der Waals surface area contributed by atoms with Gasteiger partial charge >= 0.3 is 0 Å². The van der Waals surface area contributed by atoms with Crippen LogP contribution >= 0.6 is 11.6 Å². The Morgan fingerprint density at radius 2 is 1.71 bits per heavy atom. The van der Waals surface area contributed by atoms with Crippen molar-refractivity contribution in [1.29, 1.82) is 0 Å². The summed E-state index contributed by atoms with van der Waals surface area (Å²) in [6, 6.07) is 22.9. The number of hydrogen-bond donors (Lipinski definition) is 2. The first-order valence-electron chi connectivity index (χ1n) is 11.9. The maximum atomic E-state index is 13.4. The molecule has 0 aliphatic carbocycles. The second-order valence-electron chi connectivity index (χ2n) is 8.98. The normalized spacial score (nSPS) is 11.5. The van der Waals surface area contributed by atoms with Crippen LogP contribution in [0.2, 0.25) is 5.02 Å². The maximum absolute atomic E-state index is 13.4. The van der Waals surface area contributed by atoms with Gasteiger partial charge in [0.1, 0.15) is 0 Å². The molecule has 1 unspecified atom stereocenters. The molecule has 0 fully saturated rings.